The average molecular weight is 570 g/mol. The molecule has 5 nitrogen and oxygen atoms in total. The zero-order valence-electron chi connectivity index (χ0n) is 25.7. The molecule has 6 heteroatoms. The van der Waals surface area contributed by atoms with Gasteiger partial charge < -0.3 is 19.1 Å². The van der Waals surface area contributed by atoms with Gasteiger partial charge >= 0.3 is 5.97 Å². The summed E-state index contributed by atoms with van der Waals surface area (Å²) in [7, 11) is 3.27. The van der Waals surface area contributed by atoms with E-state index in [4.69, 9.17) is 14.2 Å². The van der Waals surface area contributed by atoms with Gasteiger partial charge in [-0.15, -0.1) is 0 Å². The number of methoxy groups -OCH3 is 2. The van der Waals surface area contributed by atoms with Crippen molar-refractivity contribution in [2.75, 3.05) is 33.9 Å². The number of ether oxygens (including phenoxy) is 3. The second-order valence-electron chi connectivity index (χ2n) is 11.5. The summed E-state index contributed by atoms with van der Waals surface area (Å²) in [5, 5.41) is 0. The van der Waals surface area contributed by atoms with Crippen LogP contribution < -0.4 is 9.47 Å². The Morgan fingerprint density at radius 3 is 2.12 bits per heavy atom. The summed E-state index contributed by atoms with van der Waals surface area (Å²) in [6.07, 6.45) is 15.2. The molecule has 1 heterocycles. The van der Waals surface area contributed by atoms with Crippen molar-refractivity contribution in [2.24, 2.45) is 5.92 Å². The normalized spacial score (nSPS) is 15.0. The molecule has 2 aromatic carbocycles. The van der Waals surface area contributed by atoms with Crippen LogP contribution in [0.15, 0.2) is 42.5 Å². The number of halogens is 1. The molecule has 41 heavy (non-hydrogen) atoms. The molecule has 2 aromatic rings. The first-order chi connectivity index (χ1) is 20.0. The summed E-state index contributed by atoms with van der Waals surface area (Å²) in [4.78, 5) is 15.5. The van der Waals surface area contributed by atoms with Crippen molar-refractivity contribution in [3.8, 4) is 11.5 Å². The smallest absolute Gasteiger partial charge is 0.306 e. The highest BCUT2D eigenvalue weighted by atomic mass is 19.1. The minimum absolute atomic E-state index is 0.127. The fourth-order valence-electron chi connectivity index (χ4n) is 5.92. The van der Waals surface area contributed by atoms with Crippen molar-refractivity contribution in [1.29, 1.82) is 0 Å². The number of carbonyl (C=O) groups is 1. The van der Waals surface area contributed by atoms with E-state index in [9.17, 15) is 9.18 Å². The zero-order valence-corrected chi connectivity index (χ0v) is 25.7. The maximum absolute atomic E-state index is 13.2. The Bertz CT molecular complexity index is 1000. The third kappa shape index (κ3) is 11.3. The van der Waals surface area contributed by atoms with Crippen molar-refractivity contribution in [1.82, 2.24) is 4.90 Å². The first kappa shape index (κ1) is 32.9. The van der Waals surface area contributed by atoms with Gasteiger partial charge in [0.15, 0.2) is 11.5 Å². The molecule has 1 aliphatic rings. The monoisotopic (exact) mass is 569 g/mol. The Morgan fingerprint density at radius 1 is 0.878 bits per heavy atom. The predicted octanol–water partition coefficient (Wildman–Crippen LogP) is 8.69. The summed E-state index contributed by atoms with van der Waals surface area (Å²) >= 11 is 0. The topological polar surface area (TPSA) is 48.0 Å². The molecule has 1 fully saturated rings. The number of esters is 1. The van der Waals surface area contributed by atoms with E-state index in [2.05, 4.69) is 11.8 Å². The van der Waals surface area contributed by atoms with E-state index in [0.29, 0.717) is 17.9 Å². The molecule has 0 unspecified atom stereocenters. The third-order valence-electron chi connectivity index (χ3n) is 8.42. The number of likely N-dealkylation sites (tertiary alicyclic amines) is 1. The molecule has 0 radical (unpaired) electrons. The Morgan fingerprint density at radius 2 is 1.51 bits per heavy atom. The molecule has 1 atom stereocenters. The summed E-state index contributed by atoms with van der Waals surface area (Å²) in [6.45, 7) is 5.06. The van der Waals surface area contributed by atoms with Crippen LogP contribution in [0.5, 0.6) is 11.5 Å². The van der Waals surface area contributed by atoms with Crippen molar-refractivity contribution < 1.29 is 23.4 Å². The molecular formula is C35H52FNO4. The van der Waals surface area contributed by atoms with Crippen molar-refractivity contribution in [3.63, 3.8) is 0 Å². The van der Waals surface area contributed by atoms with Crippen LogP contribution in [0.25, 0.3) is 0 Å². The second kappa shape index (κ2) is 18.8. The number of hydrogen-bond acceptors (Lipinski definition) is 5. The number of benzene rings is 2. The maximum Gasteiger partial charge on any atom is 0.306 e. The summed E-state index contributed by atoms with van der Waals surface area (Å²) in [6, 6.07) is 12.6. The number of carbonyl (C=O) groups excluding carboxylic acids is 1. The van der Waals surface area contributed by atoms with Crippen molar-refractivity contribution >= 4 is 5.97 Å². The van der Waals surface area contributed by atoms with Crippen LogP contribution in [-0.4, -0.2) is 44.7 Å². The van der Waals surface area contributed by atoms with E-state index in [-0.39, 0.29) is 23.8 Å². The van der Waals surface area contributed by atoms with Gasteiger partial charge in [-0.1, -0.05) is 89.0 Å². The largest absolute Gasteiger partial charge is 0.493 e. The lowest BCUT2D eigenvalue weighted by molar-refractivity contribution is -0.153. The van der Waals surface area contributed by atoms with Gasteiger partial charge in [0.2, 0.25) is 0 Å². The maximum atomic E-state index is 13.2. The second-order valence-corrected chi connectivity index (χ2v) is 11.5. The molecule has 0 amide bonds. The Hall–Kier alpha value is -2.60. The molecule has 1 aliphatic heterocycles. The van der Waals surface area contributed by atoms with Gasteiger partial charge in [0.1, 0.15) is 11.9 Å². The first-order valence-corrected chi connectivity index (χ1v) is 15.9. The van der Waals surface area contributed by atoms with E-state index >= 15 is 0 Å². The number of rotatable bonds is 19. The molecule has 3 rings (SSSR count). The van der Waals surface area contributed by atoms with Crippen molar-refractivity contribution in [2.45, 2.75) is 103 Å². The molecule has 0 bridgehead atoms. The lowest BCUT2D eigenvalue weighted by Gasteiger charge is -2.36. The number of unbranched alkanes of at least 4 members (excludes halogenated alkanes) is 9. The van der Waals surface area contributed by atoms with Gasteiger partial charge in [0.05, 0.1) is 14.2 Å². The van der Waals surface area contributed by atoms with E-state index < -0.39 is 0 Å². The standard InChI is InChI=1S/C35H52FNO4/c1-4-5-6-7-8-9-10-11-12-13-17-33(38)41-34(31-15-14-16-32(39-2)35(31)40-3)29-23-26-37(27-24-29)25-22-28-18-20-30(36)21-19-28/h14-16,18-21,29,34H,4-13,17,22-27H2,1-3H3/t34-/m1/s1. The highest BCUT2D eigenvalue weighted by molar-refractivity contribution is 5.70. The minimum Gasteiger partial charge on any atom is -0.493 e. The van der Waals surface area contributed by atoms with Gasteiger partial charge in [-0.05, 0) is 62.5 Å². The van der Waals surface area contributed by atoms with Crippen molar-refractivity contribution in [3.05, 3.63) is 59.4 Å². The van der Waals surface area contributed by atoms with Crippen LogP contribution in [0.1, 0.15) is 108 Å². The van der Waals surface area contributed by atoms with Gasteiger partial charge in [-0.2, -0.15) is 0 Å². The van der Waals surface area contributed by atoms with E-state index in [1.165, 1.54) is 63.5 Å². The molecule has 0 aromatic heterocycles. The summed E-state index contributed by atoms with van der Waals surface area (Å²) in [5.74, 6) is 1.17. The van der Waals surface area contributed by atoms with E-state index in [0.717, 1.165) is 62.9 Å². The summed E-state index contributed by atoms with van der Waals surface area (Å²) < 4.78 is 30.8. The zero-order chi connectivity index (χ0) is 29.3. The molecule has 0 saturated carbocycles. The molecule has 228 valence electrons. The molecule has 1 saturated heterocycles. The van der Waals surface area contributed by atoms with Gasteiger partial charge in [0.25, 0.3) is 0 Å². The van der Waals surface area contributed by atoms with Gasteiger partial charge in [-0.3, -0.25) is 4.79 Å². The number of para-hydroxylation sites is 1. The van der Waals surface area contributed by atoms with Crippen LogP contribution >= 0.6 is 0 Å². The highest BCUT2D eigenvalue weighted by Crippen LogP contribution is 2.42. The van der Waals surface area contributed by atoms with Crippen LogP contribution in [0, 0.1) is 11.7 Å². The van der Waals surface area contributed by atoms with Gasteiger partial charge in [-0.25, -0.2) is 4.39 Å². The van der Waals surface area contributed by atoms with E-state index in [1.54, 1.807) is 14.2 Å². The fourth-order valence-corrected chi connectivity index (χ4v) is 5.92. The lowest BCUT2D eigenvalue weighted by Crippen LogP contribution is -2.37. The predicted molar refractivity (Wildman–Crippen MR) is 164 cm³/mol. The highest BCUT2D eigenvalue weighted by Gasteiger charge is 2.33. The average Bonchev–Trinajstić information content (AvgIpc) is 3.00. The number of piperidine rings is 1. The molecule has 0 spiro atoms. The lowest BCUT2D eigenvalue weighted by atomic mass is 9.86. The third-order valence-corrected chi connectivity index (χ3v) is 8.42. The first-order valence-electron chi connectivity index (χ1n) is 15.9. The van der Waals surface area contributed by atoms with Crippen LogP contribution in [0.3, 0.4) is 0 Å². The van der Waals surface area contributed by atoms with Gasteiger partial charge in [0, 0.05) is 24.4 Å². The SMILES string of the molecule is CCCCCCCCCCCCC(=O)O[C@@H](c1cccc(OC)c1OC)C1CCN(CCc2ccc(F)cc2)CC1. The van der Waals surface area contributed by atoms with Crippen LogP contribution in [0.4, 0.5) is 4.39 Å². The van der Waals surface area contributed by atoms with E-state index in [1.807, 2.05) is 30.3 Å². The van der Waals surface area contributed by atoms with Crippen LogP contribution in [-0.2, 0) is 16.0 Å². The minimum atomic E-state index is -0.366. The van der Waals surface area contributed by atoms with Crippen LogP contribution in [0.2, 0.25) is 0 Å². The molecule has 0 N–H and O–H groups in total. The summed E-state index contributed by atoms with van der Waals surface area (Å²) in [5.41, 5.74) is 2.03. The molecular weight excluding hydrogens is 517 g/mol. The fraction of sp³-hybridized carbons (Fsp3) is 0.629. The number of nitrogens with zero attached hydrogens (tertiary/aromatic N) is 1. The quantitative estimate of drug-likeness (QED) is 0.125. The molecule has 0 aliphatic carbocycles. The number of hydrogen-bond donors (Lipinski definition) is 0. The Balaban J connectivity index is 1.52. The Labute approximate surface area is 247 Å². The Kier molecular flexibility index (Phi) is 15.1.